The lowest BCUT2D eigenvalue weighted by Crippen LogP contribution is -2.55. The monoisotopic (exact) mass is 502 g/mol. The molecule has 0 radical (unpaired) electrons. The predicted octanol–water partition coefficient (Wildman–Crippen LogP) is 4.22. The summed E-state index contributed by atoms with van der Waals surface area (Å²) in [4.78, 5) is 40.2. The molecule has 0 unspecified atom stereocenters. The van der Waals surface area contributed by atoms with Crippen molar-refractivity contribution in [3.05, 3.63) is 102 Å². The van der Waals surface area contributed by atoms with Gasteiger partial charge in [-0.25, -0.2) is 0 Å². The summed E-state index contributed by atoms with van der Waals surface area (Å²) in [6, 6.07) is 25.1. The predicted molar refractivity (Wildman–Crippen MR) is 135 cm³/mol. The van der Waals surface area contributed by atoms with Crippen LogP contribution in [0.3, 0.4) is 0 Å². The number of Topliss-reactive ketones (excluding diaryl/α,β-unsaturated/α-hetero) is 1. The number of benzene rings is 3. The maximum absolute atomic E-state index is 13.5. The summed E-state index contributed by atoms with van der Waals surface area (Å²) in [5.74, 6) is -4.97. The van der Waals surface area contributed by atoms with Gasteiger partial charge in [-0.2, -0.15) is 0 Å². The van der Waals surface area contributed by atoms with Gasteiger partial charge < -0.3 is 19.3 Å². The Morgan fingerprint density at radius 1 is 0.865 bits per heavy atom. The zero-order chi connectivity index (χ0) is 26.4. The molecule has 7 heteroatoms. The molecule has 0 bridgehead atoms. The van der Waals surface area contributed by atoms with Gasteiger partial charge in [0.2, 0.25) is 0 Å². The van der Waals surface area contributed by atoms with Gasteiger partial charge in [0.1, 0.15) is 24.9 Å². The van der Waals surface area contributed by atoms with E-state index in [9.17, 15) is 19.5 Å². The van der Waals surface area contributed by atoms with Gasteiger partial charge in [0.15, 0.2) is 5.78 Å². The molecule has 1 fully saturated rings. The van der Waals surface area contributed by atoms with E-state index in [1.54, 1.807) is 24.3 Å². The number of ketones is 1. The largest absolute Gasteiger partial charge is 0.497 e. The molecule has 192 valence electrons. The van der Waals surface area contributed by atoms with E-state index in [-0.39, 0.29) is 19.6 Å². The smallest absolute Gasteiger partial charge is 0.317 e. The van der Waals surface area contributed by atoms with Gasteiger partial charge in [0.05, 0.1) is 18.6 Å². The number of ether oxygens (including phenoxy) is 3. The van der Waals surface area contributed by atoms with Crippen LogP contribution in [0.5, 0.6) is 5.75 Å². The lowest BCUT2D eigenvalue weighted by Gasteiger charge is -2.43. The van der Waals surface area contributed by atoms with Gasteiger partial charge in [-0.05, 0) is 35.7 Å². The van der Waals surface area contributed by atoms with Crippen LogP contribution in [0.4, 0.5) is 0 Å². The molecule has 1 N–H and O–H groups in total. The molecule has 37 heavy (non-hydrogen) atoms. The Balaban J connectivity index is 1.68. The fourth-order valence-corrected chi connectivity index (χ4v) is 4.90. The fourth-order valence-electron chi connectivity index (χ4n) is 4.90. The highest BCUT2D eigenvalue weighted by molar-refractivity contribution is 6.02. The Morgan fingerprint density at radius 2 is 1.43 bits per heavy atom. The number of rotatable bonds is 8. The molecule has 4 atom stereocenters. The third kappa shape index (κ3) is 6.06. The summed E-state index contributed by atoms with van der Waals surface area (Å²) in [6.07, 6.45) is -0.385. The van der Waals surface area contributed by atoms with Gasteiger partial charge in [0, 0.05) is 12.3 Å². The minimum absolute atomic E-state index is 0.00580. The second kappa shape index (κ2) is 11.4. The third-order valence-corrected chi connectivity index (χ3v) is 6.70. The molecule has 1 saturated carbocycles. The van der Waals surface area contributed by atoms with Crippen LogP contribution in [-0.4, -0.2) is 35.5 Å². The highest BCUT2D eigenvalue weighted by Crippen LogP contribution is 2.47. The molecule has 0 saturated heterocycles. The Bertz CT molecular complexity index is 1240. The second-order valence-corrected chi connectivity index (χ2v) is 9.44. The summed E-state index contributed by atoms with van der Waals surface area (Å²) in [7, 11) is 1.50. The van der Waals surface area contributed by atoms with Gasteiger partial charge in [0.25, 0.3) is 0 Å². The zero-order valence-electron chi connectivity index (χ0n) is 20.8. The molecule has 3 aromatic rings. The van der Waals surface area contributed by atoms with Crippen molar-refractivity contribution in [1.82, 2.24) is 0 Å². The SMILES string of the molecule is COc1cccc([C@@H]2[C@H](C(=O)OCc3ccccc3)C(=O)C[C@@](C)(O)[C@H]2C(=O)OCc2ccccc2)c1. The van der Waals surface area contributed by atoms with Crippen LogP contribution < -0.4 is 4.74 Å². The summed E-state index contributed by atoms with van der Waals surface area (Å²) >= 11 is 0. The Hall–Kier alpha value is -3.97. The van der Waals surface area contributed by atoms with Crippen LogP contribution >= 0.6 is 0 Å². The number of carbonyl (C=O) groups is 3. The number of methoxy groups -OCH3 is 1. The molecule has 1 aliphatic carbocycles. The van der Waals surface area contributed by atoms with Crippen molar-refractivity contribution in [3.8, 4) is 5.75 Å². The fraction of sp³-hybridized carbons (Fsp3) is 0.300. The van der Waals surface area contributed by atoms with E-state index in [1.165, 1.54) is 14.0 Å². The van der Waals surface area contributed by atoms with Crippen molar-refractivity contribution in [2.24, 2.45) is 11.8 Å². The molecule has 0 aliphatic heterocycles. The molecular weight excluding hydrogens is 472 g/mol. The molecule has 0 amide bonds. The minimum Gasteiger partial charge on any atom is -0.497 e. The topological polar surface area (TPSA) is 99.1 Å². The van der Waals surface area contributed by atoms with Crippen molar-refractivity contribution in [2.75, 3.05) is 7.11 Å². The number of hydrogen-bond donors (Lipinski definition) is 1. The van der Waals surface area contributed by atoms with E-state index in [4.69, 9.17) is 14.2 Å². The molecule has 4 rings (SSSR count). The van der Waals surface area contributed by atoms with E-state index in [1.807, 2.05) is 60.7 Å². The van der Waals surface area contributed by atoms with Crippen LogP contribution in [0.15, 0.2) is 84.9 Å². The van der Waals surface area contributed by atoms with Gasteiger partial charge in [-0.3, -0.25) is 14.4 Å². The van der Waals surface area contributed by atoms with Crippen molar-refractivity contribution in [1.29, 1.82) is 0 Å². The van der Waals surface area contributed by atoms with Gasteiger partial charge in [-0.1, -0.05) is 72.8 Å². The van der Waals surface area contributed by atoms with Crippen molar-refractivity contribution in [3.63, 3.8) is 0 Å². The average molecular weight is 503 g/mol. The summed E-state index contributed by atoms with van der Waals surface area (Å²) in [5, 5.41) is 11.3. The summed E-state index contributed by atoms with van der Waals surface area (Å²) < 4.78 is 16.5. The van der Waals surface area contributed by atoms with E-state index < -0.39 is 41.1 Å². The number of aliphatic hydroxyl groups is 1. The molecule has 0 aromatic heterocycles. The van der Waals surface area contributed by atoms with Crippen molar-refractivity contribution >= 4 is 17.7 Å². The van der Waals surface area contributed by atoms with Crippen LogP contribution in [0, 0.1) is 11.8 Å². The first kappa shape index (κ1) is 26.1. The Kier molecular flexibility index (Phi) is 8.04. The minimum atomic E-state index is -1.74. The Labute approximate surface area is 216 Å². The highest BCUT2D eigenvalue weighted by atomic mass is 16.5. The molecular formula is C30H30O7. The van der Waals surface area contributed by atoms with Crippen LogP contribution in [0.2, 0.25) is 0 Å². The summed E-state index contributed by atoms with van der Waals surface area (Å²) in [5.41, 5.74) is 0.299. The lowest BCUT2D eigenvalue weighted by molar-refractivity contribution is -0.174. The first-order chi connectivity index (χ1) is 17.8. The molecule has 7 nitrogen and oxygen atoms in total. The van der Waals surface area contributed by atoms with E-state index >= 15 is 0 Å². The standard InChI is InChI=1S/C30H30O7/c1-30(34)17-24(31)26(28(32)36-18-20-10-5-3-6-11-20)25(22-14-9-15-23(16-22)35-2)27(30)29(33)37-19-21-12-7-4-8-13-21/h3-16,25-27,34H,17-19H2,1-2H3/t25-,26-,27-,30-/m1/s1. The second-order valence-electron chi connectivity index (χ2n) is 9.44. The van der Waals surface area contributed by atoms with Crippen molar-refractivity contribution in [2.45, 2.75) is 38.1 Å². The number of carbonyl (C=O) groups excluding carboxylic acids is 3. The van der Waals surface area contributed by atoms with Gasteiger partial charge >= 0.3 is 11.9 Å². The maximum atomic E-state index is 13.5. The first-order valence-corrected chi connectivity index (χ1v) is 12.1. The number of esters is 2. The quantitative estimate of drug-likeness (QED) is 0.364. The summed E-state index contributed by atoms with van der Waals surface area (Å²) in [6.45, 7) is 1.40. The molecule has 0 spiro atoms. The van der Waals surface area contributed by atoms with E-state index in [0.717, 1.165) is 11.1 Å². The highest BCUT2D eigenvalue weighted by Gasteiger charge is 2.57. The van der Waals surface area contributed by atoms with Crippen molar-refractivity contribution < 1.29 is 33.7 Å². The first-order valence-electron chi connectivity index (χ1n) is 12.1. The van der Waals surface area contributed by atoms with Gasteiger partial charge in [-0.15, -0.1) is 0 Å². The number of hydrogen-bond acceptors (Lipinski definition) is 7. The van der Waals surface area contributed by atoms with E-state index in [0.29, 0.717) is 11.3 Å². The average Bonchev–Trinajstić information content (AvgIpc) is 2.90. The van der Waals surface area contributed by atoms with Crippen LogP contribution in [-0.2, 0) is 37.1 Å². The normalized spacial score (nSPS) is 23.2. The molecule has 3 aromatic carbocycles. The molecule has 1 aliphatic rings. The maximum Gasteiger partial charge on any atom is 0.317 e. The van der Waals surface area contributed by atoms with Crippen LogP contribution in [0.1, 0.15) is 36.0 Å². The molecule has 0 heterocycles. The van der Waals surface area contributed by atoms with Crippen LogP contribution in [0.25, 0.3) is 0 Å². The lowest BCUT2D eigenvalue weighted by atomic mass is 9.61. The zero-order valence-corrected chi connectivity index (χ0v) is 20.8. The Morgan fingerprint density at radius 3 is 2.00 bits per heavy atom. The van der Waals surface area contributed by atoms with E-state index in [2.05, 4.69) is 0 Å². The third-order valence-electron chi connectivity index (χ3n) is 6.70.